The molecule has 0 saturated heterocycles. The second-order valence-corrected chi connectivity index (χ2v) is 6.85. The molecule has 1 aliphatic rings. The summed E-state index contributed by atoms with van der Waals surface area (Å²) in [6.07, 6.45) is 3.99. The lowest BCUT2D eigenvalue weighted by Gasteiger charge is -2.13. The summed E-state index contributed by atoms with van der Waals surface area (Å²) >= 11 is 0. The number of para-hydroxylation sites is 1. The molecule has 2 aromatic carbocycles. The number of amidine groups is 1. The molecule has 1 amide bonds. The molecule has 3 rings (SSSR count). The van der Waals surface area contributed by atoms with Gasteiger partial charge in [0.05, 0.1) is 7.11 Å². The molecule has 156 valence electrons. The van der Waals surface area contributed by atoms with Crippen LogP contribution in [0.2, 0.25) is 0 Å². The molecule has 0 aromatic heterocycles. The van der Waals surface area contributed by atoms with Gasteiger partial charge in [-0.1, -0.05) is 50.6 Å². The molecular formula is C24H28N4O2. The second-order valence-electron chi connectivity index (χ2n) is 6.85. The summed E-state index contributed by atoms with van der Waals surface area (Å²) in [5.74, 6) is 0.866. The third kappa shape index (κ3) is 6.02. The Hall–Kier alpha value is -3.46. The Labute approximate surface area is 178 Å². The molecule has 0 fully saturated rings. The molecule has 0 bridgehead atoms. The SMILES string of the molecule is CCC(=O)N1Cc2ccc(-c3ccccc3OC)cc2C1.CCCC=NC(=N)C#N. The van der Waals surface area contributed by atoms with Gasteiger partial charge in [0.2, 0.25) is 11.7 Å². The van der Waals surface area contributed by atoms with Gasteiger partial charge in [0.25, 0.3) is 0 Å². The smallest absolute Gasteiger partial charge is 0.224 e. The number of carbonyl (C=O) groups excluding carboxylic acids is 1. The third-order valence-corrected chi connectivity index (χ3v) is 4.75. The highest BCUT2D eigenvalue weighted by Gasteiger charge is 2.22. The quantitative estimate of drug-likeness (QED) is 0.563. The summed E-state index contributed by atoms with van der Waals surface area (Å²) in [5, 5.41) is 14.8. The zero-order valence-electron chi connectivity index (χ0n) is 17.8. The lowest BCUT2D eigenvalue weighted by molar-refractivity contribution is -0.131. The maximum atomic E-state index is 11.8. The number of carbonyl (C=O) groups is 1. The molecule has 0 atom stereocenters. The van der Waals surface area contributed by atoms with Crippen molar-refractivity contribution in [3.63, 3.8) is 0 Å². The molecule has 1 heterocycles. The van der Waals surface area contributed by atoms with Crippen LogP contribution in [0.25, 0.3) is 11.1 Å². The summed E-state index contributed by atoms with van der Waals surface area (Å²) < 4.78 is 5.43. The number of fused-ring (bicyclic) bond motifs is 1. The fourth-order valence-corrected chi connectivity index (χ4v) is 3.16. The van der Waals surface area contributed by atoms with Crippen LogP contribution in [0.15, 0.2) is 47.5 Å². The van der Waals surface area contributed by atoms with Gasteiger partial charge in [-0.15, -0.1) is 0 Å². The first-order valence-corrected chi connectivity index (χ1v) is 10.1. The van der Waals surface area contributed by atoms with Gasteiger partial charge in [-0.2, -0.15) is 5.26 Å². The Kier molecular flexibility index (Phi) is 8.76. The van der Waals surface area contributed by atoms with Crippen molar-refractivity contribution < 1.29 is 9.53 Å². The number of unbranched alkanes of at least 4 members (excludes halogenated alkanes) is 1. The van der Waals surface area contributed by atoms with Crippen LogP contribution < -0.4 is 4.74 Å². The van der Waals surface area contributed by atoms with E-state index in [1.165, 1.54) is 11.1 Å². The minimum Gasteiger partial charge on any atom is -0.496 e. The molecular weight excluding hydrogens is 376 g/mol. The highest BCUT2D eigenvalue weighted by atomic mass is 16.5. The van der Waals surface area contributed by atoms with Crippen LogP contribution in [0.5, 0.6) is 5.75 Å². The van der Waals surface area contributed by atoms with Crippen molar-refractivity contribution in [2.24, 2.45) is 4.99 Å². The Morgan fingerprint density at radius 3 is 2.63 bits per heavy atom. The number of rotatable bonds is 5. The average molecular weight is 405 g/mol. The number of aliphatic imine (C=N–C) groups is 1. The van der Waals surface area contributed by atoms with Crippen molar-refractivity contribution in [1.82, 2.24) is 4.90 Å². The Morgan fingerprint density at radius 1 is 1.23 bits per heavy atom. The van der Waals surface area contributed by atoms with E-state index in [-0.39, 0.29) is 11.7 Å². The largest absolute Gasteiger partial charge is 0.496 e. The maximum Gasteiger partial charge on any atom is 0.224 e. The van der Waals surface area contributed by atoms with E-state index in [1.54, 1.807) is 19.4 Å². The molecule has 0 unspecified atom stereocenters. The van der Waals surface area contributed by atoms with Crippen molar-refractivity contribution in [2.75, 3.05) is 7.11 Å². The van der Waals surface area contributed by atoms with Crippen molar-refractivity contribution in [3.8, 4) is 22.9 Å². The molecule has 1 N–H and O–H groups in total. The van der Waals surface area contributed by atoms with Crippen LogP contribution in [-0.4, -0.2) is 30.0 Å². The number of ether oxygens (including phenoxy) is 1. The molecule has 6 heteroatoms. The van der Waals surface area contributed by atoms with E-state index in [0.29, 0.717) is 13.0 Å². The van der Waals surface area contributed by atoms with Gasteiger partial charge in [-0.3, -0.25) is 10.2 Å². The predicted octanol–water partition coefficient (Wildman–Crippen LogP) is 4.97. The van der Waals surface area contributed by atoms with Gasteiger partial charge in [0.1, 0.15) is 11.8 Å². The van der Waals surface area contributed by atoms with Gasteiger partial charge in [0, 0.05) is 31.3 Å². The Morgan fingerprint density at radius 2 is 1.97 bits per heavy atom. The number of hydrogen-bond donors (Lipinski definition) is 1. The van der Waals surface area contributed by atoms with Crippen LogP contribution in [0.4, 0.5) is 0 Å². The molecule has 0 spiro atoms. The maximum absolute atomic E-state index is 11.8. The summed E-state index contributed by atoms with van der Waals surface area (Å²) in [7, 11) is 1.69. The van der Waals surface area contributed by atoms with E-state index in [4.69, 9.17) is 15.4 Å². The standard InChI is InChI=1S/C18H19NO2.C6H9N3/c1-3-18(20)19-11-14-9-8-13(10-15(14)12-19)16-6-4-5-7-17(16)21-2;1-2-3-4-9-6(8)5-7/h4-10H,3,11-12H2,1-2H3;4,8H,2-3H2,1H3. The number of nitrogens with zero attached hydrogens (tertiary/aromatic N) is 3. The predicted molar refractivity (Wildman–Crippen MR) is 120 cm³/mol. The molecule has 1 aliphatic heterocycles. The van der Waals surface area contributed by atoms with E-state index in [9.17, 15) is 4.79 Å². The molecule has 0 radical (unpaired) electrons. The zero-order chi connectivity index (χ0) is 21.9. The highest BCUT2D eigenvalue weighted by Crippen LogP contribution is 2.33. The van der Waals surface area contributed by atoms with Crippen LogP contribution in [0, 0.1) is 16.7 Å². The molecule has 0 saturated carbocycles. The summed E-state index contributed by atoms with van der Waals surface area (Å²) in [6, 6.07) is 16.0. The number of methoxy groups -OCH3 is 1. The fraction of sp³-hybridized carbons (Fsp3) is 0.333. The first-order valence-electron chi connectivity index (χ1n) is 10.1. The zero-order valence-corrected chi connectivity index (χ0v) is 17.8. The number of nitrogens with one attached hydrogen (secondary N) is 1. The Bertz CT molecular complexity index is 960. The van der Waals surface area contributed by atoms with Crippen LogP contribution in [0.3, 0.4) is 0 Å². The first kappa shape index (κ1) is 22.8. The monoisotopic (exact) mass is 404 g/mol. The number of nitriles is 1. The second kappa shape index (κ2) is 11.5. The third-order valence-electron chi connectivity index (χ3n) is 4.75. The van der Waals surface area contributed by atoms with Crippen LogP contribution in [-0.2, 0) is 17.9 Å². The summed E-state index contributed by atoms with van der Waals surface area (Å²) in [4.78, 5) is 17.3. The molecule has 0 aliphatic carbocycles. The lowest BCUT2D eigenvalue weighted by atomic mass is 10.00. The van der Waals surface area contributed by atoms with E-state index >= 15 is 0 Å². The van der Waals surface area contributed by atoms with Gasteiger partial charge in [-0.05, 0) is 35.2 Å². The van der Waals surface area contributed by atoms with Crippen LogP contribution in [0.1, 0.15) is 44.2 Å². The minimum absolute atomic E-state index is 0.213. The average Bonchev–Trinajstić information content (AvgIpc) is 3.22. The summed E-state index contributed by atoms with van der Waals surface area (Å²) in [5.41, 5.74) is 4.70. The first-order chi connectivity index (χ1) is 14.5. The van der Waals surface area contributed by atoms with Gasteiger partial charge < -0.3 is 9.64 Å². The highest BCUT2D eigenvalue weighted by molar-refractivity contribution is 5.98. The summed E-state index contributed by atoms with van der Waals surface area (Å²) in [6.45, 7) is 5.37. The van der Waals surface area contributed by atoms with E-state index in [2.05, 4.69) is 29.3 Å². The number of benzene rings is 2. The van der Waals surface area contributed by atoms with Crippen LogP contribution >= 0.6 is 0 Å². The minimum atomic E-state index is -0.219. The van der Waals surface area contributed by atoms with E-state index < -0.39 is 0 Å². The van der Waals surface area contributed by atoms with E-state index in [1.807, 2.05) is 36.9 Å². The van der Waals surface area contributed by atoms with Crippen molar-refractivity contribution in [1.29, 1.82) is 10.7 Å². The van der Waals surface area contributed by atoms with Gasteiger partial charge in [0.15, 0.2) is 0 Å². The molecule has 2 aromatic rings. The topological polar surface area (TPSA) is 89.5 Å². The number of hydrogen-bond acceptors (Lipinski definition) is 4. The number of amides is 1. The normalized spacial score (nSPS) is 12.0. The lowest BCUT2D eigenvalue weighted by Crippen LogP contribution is -2.23. The molecule has 6 nitrogen and oxygen atoms in total. The van der Waals surface area contributed by atoms with Crippen molar-refractivity contribution >= 4 is 18.0 Å². The van der Waals surface area contributed by atoms with Gasteiger partial charge in [-0.25, -0.2) is 4.99 Å². The van der Waals surface area contributed by atoms with Crippen molar-refractivity contribution in [3.05, 3.63) is 53.6 Å². The van der Waals surface area contributed by atoms with Crippen molar-refractivity contribution in [2.45, 2.75) is 46.2 Å². The van der Waals surface area contributed by atoms with Gasteiger partial charge >= 0.3 is 0 Å². The fourth-order valence-electron chi connectivity index (χ4n) is 3.16. The van der Waals surface area contributed by atoms with E-state index in [0.717, 1.165) is 36.3 Å². The molecule has 30 heavy (non-hydrogen) atoms. The Balaban J connectivity index is 0.000000303.